The van der Waals surface area contributed by atoms with Gasteiger partial charge < -0.3 is 9.47 Å². The molecular formula is C21H30O5. The number of ether oxygens (including phenoxy) is 2. The topological polar surface area (TPSA) is 69.7 Å². The van der Waals surface area contributed by atoms with Gasteiger partial charge in [-0.05, 0) is 56.3 Å². The highest BCUT2D eigenvalue weighted by molar-refractivity contribution is 5.88. The number of cyclic esters (lactones) is 1. The van der Waals surface area contributed by atoms with Crippen molar-refractivity contribution in [3.63, 3.8) is 0 Å². The summed E-state index contributed by atoms with van der Waals surface area (Å²) in [5.41, 5.74) is -1.17. The van der Waals surface area contributed by atoms with E-state index in [1.54, 1.807) is 13.0 Å². The minimum atomic E-state index is -1.30. The summed E-state index contributed by atoms with van der Waals surface area (Å²) in [6, 6.07) is 0. The number of hydrogen-bond acceptors (Lipinski definition) is 5. The third-order valence-electron chi connectivity index (χ3n) is 6.89. The van der Waals surface area contributed by atoms with Crippen LogP contribution in [0.4, 0.5) is 0 Å². The zero-order chi connectivity index (χ0) is 19.1. The van der Waals surface area contributed by atoms with E-state index in [2.05, 4.69) is 13.8 Å². The van der Waals surface area contributed by atoms with Crippen molar-refractivity contribution in [2.45, 2.75) is 78.2 Å². The number of allylic oxidation sites excluding steroid dienone is 1. The lowest BCUT2D eigenvalue weighted by Crippen LogP contribution is -2.39. The lowest BCUT2D eigenvalue weighted by atomic mass is 9.62. The smallest absolute Gasteiger partial charge is 0.359 e. The minimum Gasteiger partial charge on any atom is -0.443 e. The third kappa shape index (κ3) is 3.33. The van der Waals surface area contributed by atoms with Crippen LogP contribution in [-0.4, -0.2) is 23.3 Å². The SMILES string of the molecule is CC(=O)O[C@]1(C)C=C(CC[C@@H](C)[C@H]2CCC3C(=O)CCC[C@]32C)OC1=O. The highest BCUT2D eigenvalue weighted by atomic mass is 16.6. The van der Waals surface area contributed by atoms with E-state index < -0.39 is 17.5 Å². The first-order valence-corrected chi connectivity index (χ1v) is 9.82. The Morgan fingerprint density at radius 3 is 2.77 bits per heavy atom. The number of hydrogen-bond donors (Lipinski definition) is 0. The summed E-state index contributed by atoms with van der Waals surface area (Å²) in [7, 11) is 0. The Morgan fingerprint density at radius 2 is 2.08 bits per heavy atom. The Kier molecular flexibility index (Phi) is 5.02. The van der Waals surface area contributed by atoms with Crippen LogP contribution < -0.4 is 0 Å². The van der Waals surface area contributed by atoms with Crippen molar-refractivity contribution in [2.24, 2.45) is 23.2 Å². The van der Waals surface area contributed by atoms with Crippen molar-refractivity contribution in [2.75, 3.05) is 0 Å². The van der Waals surface area contributed by atoms with E-state index in [4.69, 9.17) is 9.47 Å². The maximum absolute atomic E-state index is 12.3. The summed E-state index contributed by atoms with van der Waals surface area (Å²) in [6.45, 7) is 7.40. The lowest BCUT2D eigenvalue weighted by molar-refractivity contribution is -0.167. The largest absolute Gasteiger partial charge is 0.443 e. The third-order valence-corrected chi connectivity index (χ3v) is 6.89. The van der Waals surface area contributed by atoms with Crippen molar-refractivity contribution >= 4 is 17.7 Å². The highest BCUT2D eigenvalue weighted by Gasteiger charge is 2.52. The maximum Gasteiger partial charge on any atom is 0.359 e. The molecule has 0 bridgehead atoms. The van der Waals surface area contributed by atoms with Gasteiger partial charge in [-0.25, -0.2) is 4.79 Å². The van der Waals surface area contributed by atoms with Crippen LogP contribution in [-0.2, 0) is 23.9 Å². The first kappa shape index (κ1) is 19.1. The fourth-order valence-corrected chi connectivity index (χ4v) is 5.58. The molecule has 5 nitrogen and oxygen atoms in total. The Bertz CT molecular complexity index is 651. The summed E-state index contributed by atoms with van der Waals surface area (Å²) in [4.78, 5) is 35.5. The Labute approximate surface area is 155 Å². The fraction of sp³-hybridized carbons (Fsp3) is 0.762. The number of esters is 2. The zero-order valence-corrected chi connectivity index (χ0v) is 16.3. The molecule has 1 aliphatic heterocycles. The maximum atomic E-state index is 12.3. The van der Waals surface area contributed by atoms with Crippen LogP contribution in [0.1, 0.15) is 72.6 Å². The number of Topliss-reactive ketones (excluding diaryl/α,β-unsaturated/α-hetero) is 1. The van der Waals surface area contributed by atoms with Crippen molar-refractivity contribution in [1.29, 1.82) is 0 Å². The Morgan fingerprint density at radius 1 is 1.35 bits per heavy atom. The average Bonchev–Trinajstić information content (AvgIpc) is 3.02. The van der Waals surface area contributed by atoms with Gasteiger partial charge in [0, 0.05) is 31.8 Å². The summed E-state index contributed by atoms with van der Waals surface area (Å²) in [5.74, 6) is 1.25. The van der Waals surface area contributed by atoms with Gasteiger partial charge in [-0.3, -0.25) is 9.59 Å². The van der Waals surface area contributed by atoms with Gasteiger partial charge in [0.05, 0.1) is 0 Å². The molecule has 0 amide bonds. The van der Waals surface area contributed by atoms with Crippen LogP contribution in [0.3, 0.4) is 0 Å². The van der Waals surface area contributed by atoms with Crippen LogP contribution in [0.15, 0.2) is 11.8 Å². The molecule has 0 aromatic carbocycles. The number of carbonyl (C=O) groups is 3. The van der Waals surface area contributed by atoms with Crippen LogP contribution in [0.2, 0.25) is 0 Å². The first-order valence-electron chi connectivity index (χ1n) is 9.82. The zero-order valence-electron chi connectivity index (χ0n) is 16.3. The van der Waals surface area contributed by atoms with E-state index in [0.717, 1.165) is 38.5 Å². The molecule has 26 heavy (non-hydrogen) atoms. The lowest BCUT2D eigenvalue weighted by Gasteiger charge is -2.42. The molecule has 0 N–H and O–H groups in total. The van der Waals surface area contributed by atoms with E-state index >= 15 is 0 Å². The van der Waals surface area contributed by atoms with E-state index in [-0.39, 0.29) is 11.3 Å². The standard InChI is InChI=1S/C21H30O5/c1-13(16-9-10-17-18(23)6-5-11-20(16,17)3)7-8-15-12-21(4,19(24)25-15)26-14(2)22/h12-13,16-17H,5-11H2,1-4H3/t13-,16-,17?,20+,21-/m1/s1. The van der Waals surface area contributed by atoms with Gasteiger partial charge in [-0.1, -0.05) is 13.8 Å². The molecule has 1 heterocycles. The predicted octanol–water partition coefficient (Wildman–Crippen LogP) is 3.95. The fourth-order valence-electron chi connectivity index (χ4n) is 5.58. The van der Waals surface area contributed by atoms with Gasteiger partial charge in [-0.15, -0.1) is 0 Å². The van der Waals surface area contributed by atoms with Crippen molar-refractivity contribution < 1.29 is 23.9 Å². The summed E-state index contributed by atoms with van der Waals surface area (Å²) >= 11 is 0. The molecule has 144 valence electrons. The normalized spacial score (nSPS) is 37.8. The van der Waals surface area contributed by atoms with Crippen molar-refractivity contribution in [1.82, 2.24) is 0 Å². The van der Waals surface area contributed by atoms with Gasteiger partial charge in [-0.2, -0.15) is 0 Å². The molecule has 1 unspecified atom stereocenters. The molecule has 3 rings (SSSR count). The van der Waals surface area contributed by atoms with Crippen LogP contribution >= 0.6 is 0 Å². The monoisotopic (exact) mass is 362 g/mol. The average molecular weight is 362 g/mol. The second-order valence-corrected chi connectivity index (χ2v) is 8.78. The van der Waals surface area contributed by atoms with E-state index in [1.807, 2.05) is 0 Å². The van der Waals surface area contributed by atoms with E-state index in [1.165, 1.54) is 6.92 Å². The van der Waals surface area contributed by atoms with E-state index in [9.17, 15) is 14.4 Å². The predicted molar refractivity (Wildman–Crippen MR) is 95.9 cm³/mol. The molecule has 2 saturated carbocycles. The second kappa shape index (κ2) is 6.82. The summed E-state index contributed by atoms with van der Waals surface area (Å²) in [5, 5.41) is 0. The molecule has 0 radical (unpaired) electrons. The van der Waals surface area contributed by atoms with Crippen LogP contribution in [0.5, 0.6) is 0 Å². The number of ketones is 1. The number of fused-ring (bicyclic) bond motifs is 1. The number of rotatable bonds is 5. The Hall–Kier alpha value is -1.65. The van der Waals surface area contributed by atoms with Gasteiger partial charge in [0.25, 0.3) is 0 Å². The van der Waals surface area contributed by atoms with Gasteiger partial charge in [0.15, 0.2) is 0 Å². The molecule has 3 aliphatic rings. The second-order valence-electron chi connectivity index (χ2n) is 8.78. The molecule has 5 heteroatoms. The van der Waals surface area contributed by atoms with Gasteiger partial charge in [0.1, 0.15) is 11.5 Å². The quantitative estimate of drug-likeness (QED) is 0.693. The molecule has 5 atom stereocenters. The van der Waals surface area contributed by atoms with E-state index in [0.29, 0.717) is 29.8 Å². The summed E-state index contributed by atoms with van der Waals surface area (Å²) < 4.78 is 10.4. The molecule has 0 aromatic rings. The molecular weight excluding hydrogens is 332 g/mol. The molecule has 2 fully saturated rings. The van der Waals surface area contributed by atoms with Crippen molar-refractivity contribution in [3.8, 4) is 0 Å². The molecule has 0 aromatic heterocycles. The number of carbonyl (C=O) groups excluding carboxylic acids is 3. The van der Waals surface area contributed by atoms with Gasteiger partial charge in [0.2, 0.25) is 5.60 Å². The van der Waals surface area contributed by atoms with Crippen LogP contribution in [0.25, 0.3) is 0 Å². The molecule has 0 saturated heterocycles. The first-order chi connectivity index (χ1) is 12.2. The van der Waals surface area contributed by atoms with Crippen LogP contribution in [0, 0.1) is 23.2 Å². The highest BCUT2D eigenvalue weighted by Crippen LogP contribution is 2.57. The van der Waals surface area contributed by atoms with Crippen molar-refractivity contribution in [3.05, 3.63) is 11.8 Å². The molecule has 2 aliphatic carbocycles. The summed E-state index contributed by atoms with van der Waals surface area (Å²) in [6.07, 6.45) is 8.21. The van der Waals surface area contributed by atoms with Gasteiger partial charge >= 0.3 is 11.9 Å². The molecule has 0 spiro atoms. The minimum absolute atomic E-state index is 0.127. The Balaban J connectivity index is 1.62.